The van der Waals surface area contributed by atoms with Crippen LogP contribution in [0.1, 0.15) is 31.3 Å². The van der Waals surface area contributed by atoms with Gasteiger partial charge in [-0.3, -0.25) is 9.48 Å². The van der Waals surface area contributed by atoms with Gasteiger partial charge in [0.2, 0.25) is 5.91 Å². The van der Waals surface area contributed by atoms with Crippen LogP contribution in [0, 0.1) is 13.8 Å². The number of carboxylic acid groups (broad SMARTS) is 1. The molecule has 1 amide bonds. The molecule has 0 aliphatic carbocycles. The van der Waals surface area contributed by atoms with E-state index in [0.717, 1.165) is 11.4 Å². The minimum Gasteiger partial charge on any atom is -0.480 e. The van der Waals surface area contributed by atoms with Crippen LogP contribution in [0.2, 0.25) is 0 Å². The molecule has 106 valence electrons. The summed E-state index contributed by atoms with van der Waals surface area (Å²) in [6.07, 6.45) is 0. The molecule has 0 fully saturated rings. The molecule has 0 radical (unpaired) electrons. The summed E-state index contributed by atoms with van der Waals surface area (Å²) in [5.74, 6) is -1.50. The summed E-state index contributed by atoms with van der Waals surface area (Å²) >= 11 is 0. The van der Waals surface area contributed by atoms with E-state index in [4.69, 9.17) is 9.84 Å². The number of aryl methyl sites for hydroxylation is 1. The minimum atomic E-state index is -1.10. The van der Waals surface area contributed by atoms with E-state index in [0.29, 0.717) is 5.69 Å². The Morgan fingerprint density at radius 3 is 2.47 bits per heavy atom. The maximum absolute atomic E-state index is 11.6. The summed E-state index contributed by atoms with van der Waals surface area (Å²) in [7, 11) is 0. The van der Waals surface area contributed by atoms with E-state index in [1.54, 1.807) is 6.92 Å². The first-order valence-corrected chi connectivity index (χ1v) is 5.98. The predicted molar refractivity (Wildman–Crippen MR) is 69.2 cm³/mol. The lowest BCUT2D eigenvalue weighted by Crippen LogP contribution is -2.21. The fourth-order valence-electron chi connectivity index (χ4n) is 1.75. The van der Waals surface area contributed by atoms with Crippen LogP contribution in [-0.4, -0.2) is 40.0 Å². The summed E-state index contributed by atoms with van der Waals surface area (Å²) in [6, 6.07) is 0.201. The number of anilines is 1. The Labute approximate surface area is 111 Å². The normalized spacial score (nSPS) is 10.8. The molecule has 1 aromatic rings. The number of hydrogen-bond acceptors (Lipinski definition) is 4. The molecule has 0 saturated carbocycles. The molecule has 7 heteroatoms. The first kappa shape index (κ1) is 15.2. The molecule has 0 aliphatic rings. The van der Waals surface area contributed by atoms with E-state index < -0.39 is 18.5 Å². The Kier molecular flexibility index (Phi) is 5.05. The number of nitrogens with zero attached hydrogens (tertiary/aromatic N) is 2. The number of amides is 1. The topological polar surface area (TPSA) is 93.5 Å². The predicted octanol–water partition coefficient (Wildman–Crippen LogP) is 1.12. The summed E-state index contributed by atoms with van der Waals surface area (Å²) < 4.78 is 6.55. The molecular formula is C12H19N3O4. The first-order chi connectivity index (χ1) is 8.82. The molecule has 0 atom stereocenters. The number of ether oxygens (including phenoxy) is 1. The van der Waals surface area contributed by atoms with Crippen LogP contribution < -0.4 is 5.32 Å². The van der Waals surface area contributed by atoms with E-state index in [1.807, 2.05) is 25.5 Å². The summed E-state index contributed by atoms with van der Waals surface area (Å²) in [5.41, 5.74) is 2.23. The molecule has 0 bridgehead atoms. The van der Waals surface area contributed by atoms with E-state index in [-0.39, 0.29) is 12.6 Å². The van der Waals surface area contributed by atoms with Gasteiger partial charge in [0.05, 0.1) is 17.1 Å². The second kappa shape index (κ2) is 6.33. The fourth-order valence-corrected chi connectivity index (χ4v) is 1.75. The highest BCUT2D eigenvalue weighted by molar-refractivity contribution is 5.92. The van der Waals surface area contributed by atoms with Gasteiger partial charge in [0, 0.05) is 6.04 Å². The largest absolute Gasteiger partial charge is 0.480 e. The van der Waals surface area contributed by atoms with Crippen LogP contribution in [0.4, 0.5) is 5.69 Å². The van der Waals surface area contributed by atoms with Crippen LogP contribution in [-0.2, 0) is 14.3 Å². The van der Waals surface area contributed by atoms with Crippen LogP contribution >= 0.6 is 0 Å². The third-order valence-electron chi connectivity index (χ3n) is 2.54. The second-order valence-corrected chi connectivity index (χ2v) is 4.52. The number of carboxylic acids is 1. The maximum Gasteiger partial charge on any atom is 0.329 e. The highest BCUT2D eigenvalue weighted by atomic mass is 16.5. The highest BCUT2D eigenvalue weighted by Gasteiger charge is 2.15. The van der Waals surface area contributed by atoms with Gasteiger partial charge in [-0.05, 0) is 27.7 Å². The van der Waals surface area contributed by atoms with Crippen molar-refractivity contribution in [3.8, 4) is 0 Å². The van der Waals surface area contributed by atoms with E-state index in [2.05, 4.69) is 10.4 Å². The zero-order chi connectivity index (χ0) is 14.6. The van der Waals surface area contributed by atoms with Gasteiger partial charge >= 0.3 is 5.97 Å². The lowest BCUT2D eigenvalue weighted by molar-refractivity contribution is -0.143. The fraction of sp³-hybridized carbons (Fsp3) is 0.583. The number of rotatable bonds is 6. The molecule has 1 rings (SSSR count). The standard InChI is InChI=1S/C12H19N3O4/c1-7(2)15-9(4)12(8(3)14-15)13-10(16)5-19-6-11(17)18/h7H,5-6H2,1-4H3,(H,13,16)(H,17,18). The Morgan fingerprint density at radius 1 is 1.37 bits per heavy atom. The number of carbonyl (C=O) groups excluding carboxylic acids is 1. The van der Waals surface area contributed by atoms with Crippen LogP contribution in [0.15, 0.2) is 0 Å². The van der Waals surface area contributed by atoms with E-state index in [9.17, 15) is 9.59 Å². The van der Waals surface area contributed by atoms with E-state index in [1.165, 1.54) is 0 Å². The lowest BCUT2D eigenvalue weighted by Gasteiger charge is -2.09. The van der Waals surface area contributed by atoms with Crippen molar-refractivity contribution in [3.05, 3.63) is 11.4 Å². The lowest BCUT2D eigenvalue weighted by atomic mass is 10.3. The van der Waals surface area contributed by atoms with Gasteiger partial charge in [-0.1, -0.05) is 0 Å². The average molecular weight is 269 g/mol. The molecule has 0 aromatic carbocycles. The number of nitrogens with one attached hydrogen (secondary N) is 1. The number of aromatic nitrogens is 2. The number of aliphatic carboxylic acids is 1. The Bertz CT molecular complexity index is 480. The molecular weight excluding hydrogens is 250 g/mol. The van der Waals surface area contributed by atoms with Crippen LogP contribution in [0.3, 0.4) is 0 Å². The summed E-state index contributed by atoms with van der Waals surface area (Å²) in [6.45, 7) is 6.89. The van der Waals surface area contributed by atoms with Crippen LogP contribution in [0.25, 0.3) is 0 Å². The van der Waals surface area contributed by atoms with Crippen molar-refractivity contribution in [3.63, 3.8) is 0 Å². The molecule has 0 spiro atoms. The molecule has 19 heavy (non-hydrogen) atoms. The summed E-state index contributed by atoms with van der Waals surface area (Å²) in [5, 5.41) is 15.4. The summed E-state index contributed by atoms with van der Waals surface area (Å²) in [4.78, 5) is 21.9. The molecule has 1 heterocycles. The molecule has 7 nitrogen and oxygen atoms in total. The highest BCUT2D eigenvalue weighted by Crippen LogP contribution is 2.22. The van der Waals surface area contributed by atoms with Gasteiger partial charge in [-0.15, -0.1) is 0 Å². The van der Waals surface area contributed by atoms with Gasteiger partial charge in [0.25, 0.3) is 0 Å². The number of hydrogen-bond donors (Lipinski definition) is 2. The zero-order valence-electron chi connectivity index (χ0n) is 11.6. The smallest absolute Gasteiger partial charge is 0.329 e. The molecule has 0 unspecified atom stereocenters. The quantitative estimate of drug-likeness (QED) is 0.807. The van der Waals surface area contributed by atoms with Crippen molar-refractivity contribution in [2.45, 2.75) is 33.7 Å². The van der Waals surface area contributed by atoms with Crippen molar-refractivity contribution >= 4 is 17.6 Å². The van der Waals surface area contributed by atoms with Crippen molar-refractivity contribution in [2.24, 2.45) is 0 Å². The maximum atomic E-state index is 11.6. The van der Waals surface area contributed by atoms with Gasteiger partial charge in [-0.25, -0.2) is 4.79 Å². The molecule has 0 saturated heterocycles. The Morgan fingerprint density at radius 2 is 2.00 bits per heavy atom. The SMILES string of the molecule is Cc1nn(C(C)C)c(C)c1NC(=O)COCC(=O)O. The van der Waals surface area contributed by atoms with Gasteiger partial charge in [0.1, 0.15) is 13.2 Å². The Hall–Kier alpha value is -1.89. The third kappa shape index (κ3) is 4.06. The minimum absolute atomic E-state index is 0.201. The zero-order valence-corrected chi connectivity index (χ0v) is 11.6. The van der Waals surface area contributed by atoms with Crippen LogP contribution in [0.5, 0.6) is 0 Å². The second-order valence-electron chi connectivity index (χ2n) is 4.52. The Balaban J connectivity index is 2.67. The van der Waals surface area contributed by atoms with Gasteiger partial charge in [-0.2, -0.15) is 5.10 Å². The van der Waals surface area contributed by atoms with Crippen molar-refractivity contribution in [1.29, 1.82) is 0 Å². The molecule has 0 aliphatic heterocycles. The number of carbonyl (C=O) groups is 2. The van der Waals surface area contributed by atoms with Crippen molar-refractivity contribution < 1.29 is 19.4 Å². The third-order valence-corrected chi connectivity index (χ3v) is 2.54. The first-order valence-electron chi connectivity index (χ1n) is 5.98. The van der Waals surface area contributed by atoms with Crippen molar-refractivity contribution in [1.82, 2.24) is 9.78 Å². The van der Waals surface area contributed by atoms with Gasteiger partial charge < -0.3 is 15.2 Å². The molecule has 2 N–H and O–H groups in total. The van der Waals surface area contributed by atoms with Gasteiger partial charge in [0.15, 0.2) is 0 Å². The van der Waals surface area contributed by atoms with E-state index >= 15 is 0 Å². The monoisotopic (exact) mass is 269 g/mol. The molecule has 1 aromatic heterocycles. The average Bonchev–Trinajstić information content (AvgIpc) is 2.56. The van der Waals surface area contributed by atoms with Crippen molar-refractivity contribution in [2.75, 3.05) is 18.5 Å².